The standard InChI is InChI=1S/C28H27N5O/c1-17-7-10-22(11-8-17)30-28(34)26-23-14-19(9-12-24(23)32-33-26)21-13-20-15-25(31-27(20)29-16-21)18-5-3-2-4-6-18/h2-6,9,12-17,22H,7-8,10-11H2,1H3,(H,29,31)(H,30,34)(H,32,33). The van der Waals surface area contributed by atoms with Gasteiger partial charge in [0.15, 0.2) is 5.69 Å². The summed E-state index contributed by atoms with van der Waals surface area (Å²) in [6, 6.07) is 20.8. The Hall–Kier alpha value is -3.93. The molecule has 0 radical (unpaired) electrons. The minimum absolute atomic E-state index is 0.102. The van der Waals surface area contributed by atoms with Gasteiger partial charge in [-0.1, -0.05) is 43.3 Å². The molecule has 6 nitrogen and oxygen atoms in total. The van der Waals surface area contributed by atoms with Gasteiger partial charge in [0.1, 0.15) is 5.65 Å². The highest BCUT2D eigenvalue weighted by atomic mass is 16.2. The van der Waals surface area contributed by atoms with Crippen molar-refractivity contribution in [3.63, 3.8) is 0 Å². The van der Waals surface area contributed by atoms with Crippen molar-refractivity contribution in [2.75, 3.05) is 0 Å². The van der Waals surface area contributed by atoms with E-state index in [1.165, 1.54) is 0 Å². The Morgan fingerprint density at radius 2 is 1.76 bits per heavy atom. The number of rotatable bonds is 4. The van der Waals surface area contributed by atoms with E-state index in [4.69, 9.17) is 0 Å². The molecule has 1 aliphatic carbocycles. The maximum atomic E-state index is 13.0. The molecule has 3 N–H and O–H groups in total. The van der Waals surface area contributed by atoms with Gasteiger partial charge in [0.2, 0.25) is 0 Å². The molecule has 34 heavy (non-hydrogen) atoms. The Morgan fingerprint density at radius 1 is 0.941 bits per heavy atom. The summed E-state index contributed by atoms with van der Waals surface area (Å²) in [5.74, 6) is 0.645. The van der Waals surface area contributed by atoms with E-state index >= 15 is 0 Å². The molecule has 6 heteroatoms. The Bertz CT molecular complexity index is 1480. The average Bonchev–Trinajstić information content (AvgIpc) is 3.49. The molecule has 1 amide bonds. The molecule has 0 saturated heterocycles. The fraction of sp³-hybridized carbons (Fsp3) is 0.250. The summed E-state index contributed by atoms with van der Waals surface area (Å²) in [6.07, 6.45) is 6.27. The number of nitrogens with one attached hydrogen (secondary N) is 3. The van der Waals surface area contributed by atoms with E-state index in [0.29, 0.717) is 5.69 Å². The molecule has 170 valence electrons. The van der Waals surface area contributed by atoms with Gasteiger partial charge >= 0.3 is 0 Å². The largest absolute Gasteiger partial charge is 0.348 e. The summed E-state index contributed by atoms with van der Waals surface area (Å²) in [5.41, 5.74) is 6.35. The van der Waals surface area contributed by atoms with Crippen LogP contribution in [0.2, 0.25) is 0 Å². The number of amides is 1. The van der Waals surface area contributed by atoms with E-state index in [1.54, 1.807) is 0 Å². The first-order valence-corrected chi connectivity index (χ1v) is 12.0. The van der Waals surface area contributed by atoms with E-state index in [1.807, 2.05) is 42.6 Å². The number of carbonyl (C=O) groups is 1. The van der Waals surface area contributed by atoms with Crippen molar-refractivity contribution in [3.8, 4) is 22.4 Å². The van der Waals surface area contributed by atoms with Crippen LogP contribution < -0.4 is 5.32 Å². The Balaban J connectivity index is 1.30. The second-order valence-electron chi connectivity index (χ2n) is 9.47. The molecule has 3 aromatic heterocycles. The highest BCUT2D eigenvalue weighted by Crippen LogP contribution is 2.30. The van der Waals surface area contributed by atoms with Crippen LogP contribution in [0.3, 0.4) is 0 Å². The number of nitrogens with zero attached hydrogens (tertiary/aromatic N) is 2. The second-order valence-corrected chi connectivity index (χ2v) is 9.47. The lowest BCUT2D eigenvalue weighted by molar-refractivity contribution is 0.0919. The topological polar surface area (TPSA) is 86.5 Å². The van der Waals surface area contributed by atoms with E-state index in [2.05, 4.69) is 56.7 Å². The van der Waals surface area contributed by atoms with Crippen LogP contribution in [0.5, 0.6) is 0 Å². The lowest BCUT2D eigenvalue weighted by Crippen LogP contribution is -2.37. The van der Waals surface area contributed by atoms with Gasteiger partial charge in [-0.05, 0) is 67.0 Å². The molecule has 6 rings (SSSR count). The second kappa shape index (κ2) is 8.45. The number of fused-ring (bicyclic) bond motifs is 2. The van der Waals surface area contributed by atoms with E-state index < -0.39 is 0 Å². The minimum Gasteiger partial charge on any atom is -0.348 e. The molecule has 5 aromatic rings. The number of aromatic amines is 2. The van der Waals surface area contributed by atoms with Crippen molar-refractivity contribution in [2.24, 2.45) is 5.92 Å². The molecule has 3 heterocycles. The first kappa shape index (κ1) is 20.7. The predicted octanol–water partition coefficient (Wildman–Crippen LogP) is 6.08. The Morgan fingerprint density at radius 3 is 2.59 bits per heavy atom. The maximum Gasteiger partial charge on any atom is 0.272 e. The van der Waals surface area contributed by atoms with Gasteiger partial charge in [0.05, 0.1) is 5.52 Å². The van der Waals surface area contributed by atoms with Crippen LogP contribution in [0.4, 0.5) is 0 Å². The predicted molar refractivity (Wildman–Crippen MR) is 136 cm³/mol. The van der Waals surface area contributed by atoms with Crippen molar-refractivity contribution < 1.29 is 4.79 Å². The van der Waals surface area contributed by atoms with Crippen LogP contribution in [0.25, 0.3) is 44.3 Å². The highest BCUT2D eigenvalue weighted by molar-refractivity contribution is 6.06. The molecular formula is C28H27N5O. The van der Waals surface area contributed by atoms with Crippen LogP contribution in [0.15, 0.2) is 66.9 Å². The minimum atomic E-state index is -0.102. The third-order valence-electron chi connectivity index (χ3n) is 7.02. The molecule has 0 atom stereocenters. The number of H-pyrrole nitrogens is 2. The summed E-state index contributed by atoms with van der Waals surface area (Å²) in [6.45, 7) is 2.28. The number of benzene rings is 2. The molecular weight excluding hydrogens is 422 g/mol. The average molecular weight is 450 g/mol. The van der Waals surface area contributed by atoms with Crippen LogP contribution in [0, 0.1) is 5.92 Å². The zero-order valence-electron chi connectivity index (χ0n) is 19.1. The van der Waals surface area contributed by atoms with Crippen molar-refractivity contribution >= 4 is 27.8 Å². The van der Waals surface area contributed by atoms with Gasteiger partial charge < -0.3 is 10.3 Å². The van der Waals surface area contributed by atoms with E-state index in [0.717, 1.165) is 75.9 Å². The molecule has 2 aromatic carbocycles. The molecule has 1 fully saturated rings. The molecule has 0 spiro atoms. The first-order valence-electron chi connectivity index (χ1n) is 12.0. The van der Waals surface area contributed by atoms with E-state index in [-0.39, 0.29) is 11.9 Å². The quantitative estimate of drug-likeness (QED) is 0.311. The van der Waals surface area contributed by atoms with Crippen LogP contribution >= 0.6 is 0 Å². The number of aromatic nitrogens is 4. The zero-order chi connectivity index (χ0) is 23.1. The maximum absolute atomic E-state index is 13.0. The SMILES string of the molecule is CC1CCC(NC(=O)c2n[nH]c3ccc(-c4cnc5[nH]c(-c6ccccc6)cc5c4)cc23)CC1. The van der Waals surface area contributed by atoms with E-state index in [9.17, 15) is 4.79 Å². The van der Waals surface area contributed by atoms with Crippen molar-refractivity contribution in [3.05, 3.63) is 72.6 Å². The molecule has 0 unspecified atom stereocenters. The van der Waals surface area contributed by atoms with Gasteiger partial charge in [-0.25, -0.2) is 4.98 Å². The van der Waals surface area contributed by atoms with Crippen molar-refractivity contribution in [1.82, 2.24) is 25.5 Å². The summed E-state index contributed by atoms with van der Waals surface area (Å²) in [7, 11) is 0. The van der Waals surface area contributed by atoms with Gasteiger partial charge in [0.25, 0.3) is 5.91 Å². The molecule has 0 aliphatic heterocycles. The lowest BCUT2D eigenvalue weighted by Gasteiger charge is -2.26. The van der Waals surface area contributed by atoms with Crippen molar-refractivity contribution in [2.45, 2.75) is 38.6 Å². The molecule has 1 aliphatic rings. The highest BCUT2D eigenvalue weighted by Gasteiger charge is 2.22. The van der Waals surface area contributed by atoms with Crippen LogP contribution in [-0.2, 0) is 0 Å². The van der Waals surface area contributed by atoms with Gasteiger partial charge in [-0.3, -0.25) is 9.89 Å². The van der Waals surface area contributed by atoms with Crippen LogP contribution in [-0.4, -0.2) is 32.1 Å². The summed E-state index contributed by atoms with van der Waals surface area (Å²) < 4.78 is 0. The number of pyridine rings is 1. The summed E-state index contributed by atoms with van der Waals surface area (Å²) in [4.78, 5) is 21.1. The molecule has 1 saturated carbocycles. The normalized spacial score (nSPS) is 18.4. The first-order chi connectivity index (χ1) is 16.6. The van der Waals surface area contributed by atoms with Gasteiger partial charge in [-0.15, -0.1) is 0 Å². The number of hydrogen-bond donors (Lipinski definition) is 3. The van der Waals surface area contributed by atoms with Crippen molar-refractivity contribution in [1.29, 1.82) is 0 Å². The smallest absolute Gasteiger partial charge is 0.272 e. The molecule has 0 bridgehead atoms. The Kier molecular flexibility index (Phi) is 5.13. The Labute approximate surface area is 197 Å². The van der Waals surface area contributed by atoms with Gasteiger partial charge in [-0.2, -0.15) is 5.10 Å². The lowest BCUT2D eigenvalue weighted by atomic mass is 9.87. The van der Waals surface area contributed by atoms with Crippen LogP contribution in [0.1, 0.15) is 43.1 Å². The third kappa shape index (κ3) is 3.85. The number of hydrogen-bond acceptors (Lipinski definition) is 3. The monoisotopic (exact) mass is 449 g/mol. The fourth-order valence-electron chi connectivity index (χ4n) is 4.97. The van der Waals surface area contributed by atoms with Gasteiger partial charge in [0, 0.05) is 34.3 Å². The summed E-state index contributed by atoms with van der Waals surface area (Å²) in [5, 5.41) is 12.4. The zero-order valence-corrected chi connectivity index (χ0v) is 19.1. The summed E-state index contributed by atoms with van der Waals surface area (Å²) >= 11 is 0. The number of carbonyl (C=O) groups excluding carboxylic acids is 1. The fourth-order valence-corrected chi connectivity index (χ4v) is 4.97. The third-order valence-corrected chi connectivity index (χ3v) is 7.02.